The van der Waals surface area contributed by atoms with Crippen molar-refractivity contribution >= 4 is 12.1 Å². The van der Waals surface area contributed by atoms with Crippen molar-refractivity contribution in [2.24, 2.45) is 5.92 Å². The number of hydrogen-bond donors (Lipinski definition) is 0. The van der Waals surface area contributed by atoms with E-state index in [2.05, 4.69) is 18.7 Å². The van der Waals surface area contributed by atoms with Crippen LogP contribution in [-0.2, 0) is 28.5 Å². The predicted molar refractivity (Wildman–Crippen MR) is 162 cm³/mol. The predicted octanol–water partition coefficient (Wildman–Crippen LogP) is 7.81. The molecule has 0 aromatic carbocycles. The second-order valence-corrected chi connectivity index (χ2v) is 10.9. The number of carbonyl (C=O) groups is 2. The first-order chi connectivity index (χ1) is 20.5. The summed E-state index contributed by atoms with van der Waals surface area (Å²) in [5, 5.41) is 0. The fourth-order valence-corrected chi connectivity index (χ4v) is 4.28. The Balaban J connectivity index is 4.21. The average molecular weight is 610 g/mol. The molecule has 0 aromatic heterocycles. The zero-order chi connectivity index (χ0) is 31.1. The Bertz CT molecular complexity index is 591. The smallest absolute Gasteiger partial charge is 0.465 e. The number of alkyl halides is 2. The molecule has 0 rings (SSSR count). The van der Waals surface area contributed by atoms with Crippen LogP contribution in [0.5, 0.6) is 0 Å². The van der Waals surface area contributed by atoms with Crippen molar-refractivity contribution in [2.75, 3.05) is 66.0 Å². The molecule has 0 aromatic rings. The van der Waals surface area contributed by atoms with E-state index in [0.717, 1.165) is 90.3 Å². The van der Waals surface area contributed by atoms with Gasteiger partial charge in [-0.1, -0.05) is 72.1 Å². The van der Waals surface area contributed by atoms with Crippen LogP contribution in [0.25, 0.3) is 0 Å². The summed E-state index contributed by atoms with van der Waals surface area (Å²) in [6.07, 6.45) is 11.2. The molecular formula is C32H61F2NO7. The second kappa shape index (κ2) is 30.9. The van der Waals surface area contributed by atoms with E-state index in [1.54, 1.807) is 0 Å². The molecule has 0 N–H and O–H groups in total. The number of esters is 1. The first kappa shape index (κ1) is 40.5. The van der Waals surface area contributed by atoms with Gasteiger partial charge in [0.15, 0.2) is 6.29 Å². The van der Waals surface area contributed by atoms with Gasteiger partial charge in [0.2, 0.25) is 0 Å². The molecule has 42 heavy (non-hydrogen) atoms. The number of rotatable bonds is 31. The van der Waals surface area contributed by atoms with Gasteiger partial charge < -0.3 is 28.6 Å². The van der Waals surface area contributed by atoms with Gasteiger partial charge in [0, 0.05) is 32.1 Å². The molecule has 0 saturated heterocycles. The Morgan fingerprint density at radius 2 is 1.14 bits per heavy atom. The molecule has 0 heterocycles. The summed E-state index contributed by atoms with van der Waals surface area (Å²) in [6.45, 7) is 9.99. The van der Waals surface area contributed by atoms with Crippen molar-refractivity contribution in [3.8, 4) is 0 Å². The molecule has 0 aliphatic carbocycles. The topological polar surface area (TPSA) is 83.5 Å². The molecule has 1 unspecified atom stereocenters. The molecule has 0 radical (unpaired) electrons. The number of carbonyl (C=O) groups excluding carboxylic acids is 2. The second-order valence-electron chi connectivity index (χ2n) is 10.9. The molecule has 0 spiro atoms. The Labute approximate surface area is 254 Å². The molecule has 10 heteroatoms. The quantitative estimate of drug-likeness (QED) is 0.0447. The first-order valence-electron chi connectivity index (χ1n) is 16.5. The minimum atomic E-state index is -0.704. The van der Waals surface area contributed by atoms with E-state index in [-0.39, 0.29) is 44.9 Å². The maximum atomic E-state index is 12.3. The first-order valence-corrected chi connectivity index (χ1v) is 16.5. The van der Waals surface area contributed by atoms with Gasteiger partial charge in [0.25, 0.3) is 0 Å². The Morgan fingerprint density at radius 1 is 0.643 bits per heavy atom. The molecule has 8 nitrogen and oxygen atoms in total. The lowest BCUT2D eigenvalue weighted by Gasteiger charge is -2.19. The molecular weight excluding hydrogens is 548 g/mol. The lowest BCUT2D eigenvalue weighted by atomic mass is 10.1. The standard InChI is InChI=1S/C32H61F2NO7/c1-4-35(5-2)23-18-26-40-32(37)42-28-29(3)27-41-30(36)19-20-31(38-24-16-12-8-6-10-14-21-33)39-25-17-13-9-7-11-15-22-34/h29,31H,4-28H2,1-3H3. The Hall–Kier alpha value is -1.52. The summed E-state index contributed by atoms with van der Waals surface area (Å²) in [4.78, 5) is 26.4. The number of ether oxygens (including phenoxy) is 5. The van der Waals surface area contributed by atoms with Gasteiger partial charge in [0.1, 0.15) is 6.61 Å². The normalized spacial score (nSPS) is 12.2. The minimum absolute atomic E-state index is 0.110. The zero-order valence-electron chi connectivity index (χ0n) is 26.9. The summed E-state index contributed by atoms with van der Waals surface area (Å²) >= 11 is 0. The van der Waals surface area contributed by atoms with Gasteiger partial charge in [-0.3, -0.25) is 13.6 Å². The van der Waals surface area contributed by atoms with Crippen molar-refractivity contribution in [3.05, 3.63) is 0 Å². The van der Waals surface area contributed by atoms with Crippen LogP contribution < -0.4 is 0 Å². The molecule has 0 amide bonds. The Kier molecular flexibility index (Phi) is 29.8. The van der Waals surface area contributed by atoms with Gasteiger partial charge in [-0.05, 0) is 45.2 Å². The van der Waals surface area contributed by atoms with Crippen molar-refractivity contribution < 1.29 is 42.1 Å². The lowest BCUT2D eigenvalue weighted by Crippen LogP contribution is -2.25. The van der Waals surface area contributed by atoms with Crippen LogP contribution in [0.1, 0.15) is 117 Å². The van der Waals surface area contributed by atoms with E-state index in [1.165, 1.54) is 0 Å². The van der Waals surface area contributed by atoms with E-state index in [0.29, 0.717) is 39.1 Å². The highest BCUT2D eigenvalue weighted by Crippen LogP contribution is 2.12. The summed E-state index contributed by atoms with van der Waals surface area (Å²) in [5.41, 5.74) is 0. The zero-order valence-corrected chi connectivity index (χ0v) is 26.9. The third-order valence-electron chi connectivity index (χ3n) is 7.00. The maximum Gasteiger partial charge on any atom is 0.508 e. The van der Waals surface area contributed by atoms with Gasteiger partial charge in [-0.15, -0.1) is 0 Å². The SMILES string of the molecule is CCN(CC)CCCOC(=O)OCC(C)COC(=O)CCC(OCCCCCCCCF)OCCCCCCCCF. The van der Waals surface area contributed by atoms with Crippen molar-refractivity contribution in [3.63, 3.8) is 0 Å². The number of halogens is 2. The third kappa shape index (κ3) is 27.3. The number of nitrogens with zero attached hydrogens (tertiary/aromatic N) is 1. The highest BCUT2D eigenvalue weighted by atomic mass is 19.1. The van der Waals surface area contributed by atoms with Crippen molar-refractivity contribution in [1.82, 2.24) is 4.90 Å². The number of hydrogen-bond acceptors (Lipinski definition) is 8. The molecule has 250 valence electrons. The van der Waals surface area contributed by atoms with Crippen molar-refractivity contribution in [2.45, 2.75) is 123 Å². The van der Waals surface area contributed by atoms with Crippen LogP contribution >= 0.6 is 0 Å². The van der Waals surface area contributed by atoms with Gasteiger partial charge in [0.05, 0.1) is 33.0 Å². The van der Waals surface area contributed by atoms with Crippen LogP contribution in [0.3, 0.4) is 0 Å². The summed E-state index contributed by atoms with van der Waals surface area (Å²) in [6, 6.07) is 0. The van der Waals surface area contributed by atoms with Crippen LogP contribution in [0.2, 0.25) is 0 Å². The molecule has 0 aliphatic rings. The van der Waals surface area contributed by atoms with E-state index >= 15 is 0 Å². The van der Waals surface area contributed by atoms with Crippen LogP contribution in [0.4, 0.5) is 13.6 Å². The van der Waals surface area contributed by atoms with Gasteiger partial charge >= 0.3 is 12.1 Å². The maximum absolute atomic E-state index is 12.3. The summed E-state index contributed by atoms with van der Waals surface area (Å²) < 4.78 is 51.9. The third-order valence-corrected chi connectivity index (χ3v) is 7.00. The van der Waals surface area contributed by atoms with Gasteiger partial charge in [-0.2, -0.15) is 0 Å². The molecule has 0 saturated carbocycles. The molecule has 0 bridgehead atoms. The monoisotopic (exact) mass is 609 g/mol. The van der Waals surface area contributed by atoms with Crippen molar-refractivity contribution in [1.29, 1.82) is 0 Å². The summed E-state index contributed by atoms with van der Waals surface area (Å²) in [5.74, 6) is -0.506. The minimum Gasteiger partial charge on any atom is -0.465 e. The van der Waals surface area contributed by atoms with Crippen LogP contribution in [0, 0.1) is 5.92 Å². The highest BCUT2D eigenvalue weighted by molar-refractivity contribution is 5.69. The van der Waals surface area contributed by atoms with E-state index in [1.807, 2.05) is 6.92 Å². The van der Waals surface area contributed by atoms with E-state index < -0.39 is 12.4 Å². The number of unbranched alkanes of at least 4 members (excludes halogenated alkanes) is 10. The lowest BCUT2D eigenvalue weighted by molar-refractivity contribution is -0.160. The van der Waals surface area contributed by atoms with Crippen LogP contribution in [-0.4, -0.2) is 89.3 Å². The van der Waals surface area contributed by atoms with Gasteiger partial charge in [-0.25, -0.2) is 4.79 Å². The fraction of sp³-hybridized carbons (Fsp3) is 0.938. The Morgan fingerprint density at radius 3 is 1.67 bits per heavy atom. The van der Waals surface area contributed by atoms with Crippen LogP contribution in [0.15, 0.2) is 0 Å². The average Bonchev–Trinajstić information content (AvgIpc) is 2.99. The molecule has 1 atom stereocenters. The van der Waals surface area contributed by atoms with E-state index in [9.17, 15) is 18.4 Å². The van der Waals surface area contributed by atoms with E-state index in [4.69, 9.17) is 23.7 Å². The molecule has 0 fully saturated rings. The largest absolute Gasteiger partial charge is 0.508 e. The summed E-state index contributed by atoms with van der Waals surface area (Å²) in [7, 11) is 0. The molecule has 0 aliphatic heterocycles. The highest BCUT2D eigenvalue weighted by Gasteiger charge is 2.15. The fourth-order valence-electron chi connectivity index (χ4n) is 4.28.